The van der Waals surface area contributed by atoms with Gasteiger partial charge in [0.05, 0.1) is 7.11 Å². The first kappa shape index (κ1) is 15.9. The molecule has 24 heavy (non-hydrogen) atoms. The molecule has 0 radical (unpaired) electrons. The topological polar surface area (TPSA) is 58.3 Å². The molecule has 0 unspecified atom stereocenters. The maximum atomic E-state index is 12.5. The maximum Gasteiger partial charge on any atom is 0.353 e. The van der Waals surface area contributed by atoms with E-state index >= 15 is 0 Å². The number of hydrogen-bond acceptors (Lipinski definition) is 4. The number of ether oxygens (including phenoxy) is 2. The summed E-state index contributed by atoms with van der Waals surface area (Å²) < 4.78 is 13.9. The molecule has 124 valence electrons. The Morgan fingerprint density at radius 2 is 1.75 bits per heavy atom. The molecule has 0 aliphatic heterocycles. The lowest BCUT2D eigenvalue weighted by atomic mass is 10.2. The summed E-state index contributed by atoms with van der Waals surface area (Å²) in [6, 6.07) is 13.6. The number of aryl methyl sites for hydroxylation is 3. The van der Waals surface area contributed by atoms with Gasteiger partial charge in [0.2, 0.25) is 0 Å². The summed E-state index contributed by atoms with van der Waals surface area (Å²) in [6.07, 6.45) is 0. The van der Waals surface area contributed by atoms with Gasteiger partial charge in [-0.2, -0.15) is 0 Å². The van der Waals surface area contributed by atoms with Crippen molar-refractivity contribution in [2.75, 3.05) is 7.11 Å². The first-order valence-corrected chi connectivity index (χ1v) is 7.56. The van der Waals surface area contributed by atoms with E-state index < -0.39 is 0 Å². The molecule has 3 rings (SSSR count). The SMILES string of the molecule is COc1nn(C)c(=O)n1-c1c(C)cccc1Oc1ccc(C)cc1. The van der Waals surface area contributed by atoms with Crippen LogP contribution in [-0.2, 0) is 7.05 Å². The fourth-order valence-electron chi connectivity index (χ4n) is 2.50. The van der Waals surface area contributed by atoms with Crippen LogP contribution < -0.4 is 15.2 Å². The molecule has 3 aromatic rings. The molecule has 0 saturated heterocycles. The Kier molecular flexibility index (Phi) is 4.12. The summed E-state index contributed by atoms with van der Waals surface area (Å²) in [6.45, 7) is 3.93. The number of nitrogens with zero attached hydrogens (tertiary/aromatic N) is 3. The molecule has 6 heteroatoms. The molecular formula is C18H19N3O3. The molecule has 6 nitrogen and oxygen atoms in total. The second-order valence-electron chi connectivity index (χ2n) is 5.57. The van der Waals surface area contributed by atoms with Crippen LogP contribution in [-0.4, -0.2) is 21.5 Å². The molecule has 2 aromatic carbocycles. The molecule has 0 amide bonds. The first-order chi connectivity index (χ1) is 11.5. The summed E-state index contributed by atoms with van der Waals surface area (Å²) in [4.78, 5) is 12.5. The normalized spacial score (nSPS) is 10.7. The Balaban J connectivity index is 2.15. The quantitative estimate of drug-likeness (QED) is 0.740. The van der Waals surface area contributed by atoms with Crippen LogP contribution in [0.4, 0.5) is 0 Å². The van der Waals surface area contributed by atoms with Gasteiger partial charge in [0, 0.05) is 7.05 Å². The lowest BCUT2D eigenvalue weighted by Crippen LogP contribution is -2.22. The molecule has 0 aliphatic rings. The van der Waals surface area contributed by atoms with Crippen LogP contribution in [0.3, 0.4) is 0 Å². The van der Waals surface area contributed by atoms with Gasteiger partial charge < -0.3 is 9.47 Å². The number of benzene rings is 2. The number of aromatic nitrogens is 3. The van der Waals surface area contributed by atoms with Crippen LogP contribution in [0.2, 0.25) is 0 Å². The summed E-state index contributed by atoms with van der Waals surface area (Å²) in [5.41, 5.74) is 2.35. The van der Waals surface area contributed by atoms with Crippen LogP contribution in [0, 0.1) is 13.8 Å². The van der Waals surface area contributed by atoms with Gasteiger partial charge >= 0.3 is 11.7 Å². The monoisotopic (exact) mass is 325 g/mol. The zero-order valence-corrected chi connectivity index (χ0v) is 14.1. The maximum absolute atomic E-state index is 12.5. The Morgan fingerprint density at radius 3 is 2.42 bits per heavy atom. The minimum absolute atomic E-state index is 0.213. The van der Waals surface area contributed by atoms with E-state index in [1.54, 1.807) is 7.05 Å². The van der Waals surface area contributed by atoms with Crippen molar-refractivity contribution in [2.45, 2.75) is 13.8 Å². The van der Waals surface area contributed by atoms with Crippen molar-refractivity contribution in [3.05, 3.63) is 64.1 Å². The molecule has 1 aromatic heterocycles. The molecule has 0 bridgehead atoms. The van der Waals surface area contributed by atoms with Crippen molar-refractivity contribution >= 4 is 0 Å². The fraction of sp³-hybridized carbons (Fsp3) is 0.222. The van der Waals surface area contributed by atoms with Crippen LogP contribution in [0.25, 0.3) is 5.69 Å². The molecule has 0 atom stereocenters. The molecule has 0 saturated carbocycles. The molecular weight excluding hydrogens is 306 g/mol. The Morgan fingerprint density at radius 1 is 1.04 bits per heavy atom. The van der Waals surface area contributed by atoms with Crippen molar-refractivity contribution in [2.24, 2.45) is 7.05 Å². The largest absolute Gasteiger partial charge is 0.467 e. The van der Waals surface area contributed by atoms with E-state index in [2.05, 4.69) is 5.10 Å². The summed E-state index contributed by atoms with van der Waals surface area (Å²) in [5, 5.41) is 4.10. The smallest absolute Gasteiger partial charge is 0.353 e. The van der Waals surface area contributed by atoms with Crippen molar-refractivity contribution < 1.29 is 9.47 Å². The number of methoxy groups -OCH3 is 1. The van der Waals surface area contributed by atoms with Crippen molar-refractivity contribution in [1.82, 2.24) is 14.3 Å². The predicted molar refractivity (Wildman–Crippen MR) is 91.3 cm³/mol. The van der Waals surface area contributed by atoms with Gasteiger partial charge in [-0.05, 0) is 37.6 Å². The van der Waals surface area contributed by atoms with Gasteiger partial charge in [0.1, 0.15) is 11.4 Å². The minimum atomic E-state index is -0.296. The van der Waals surface area contributed by atoms with Crippen molar-refractivity contribution in [1.29, 1.82) is 0 Å². The standard InChI is InChI=1S/C18H19N3O3/c1-12-8-10-14(11-9-12)24-15-7-5-6-13(2)16(15)21-17(23-4)19-20(3)18(21)22/h5-11H,1-4H3. The average Bonchev–Trinajstić information content (AvgIpc) is 2.85. The Hall–Kier alpha value is -3.02. The lowest BCUT2D eigenvalue weighted by molar-refractivity contribution is 0.367. The van der Waals surface area contributed by atoms with Gasteiger partial charge in [-0.3, -0.25) is 0 Å². The average molecular weight is 325 g/mol. The second kappa shape index (κ2) is 6.23. The van der Waals surface area contributed by atoms with E-state index in [1.807, 2.05) is 56.3 Å². The highest BCUT2D eigenvalue weighted by Gasteiger charge is 2.19. The number of rotatable bonds is 4. The fourth-order valence-corrected chi connectivity index (χ4v) is 2.50. The summed E-state index contributed by atoms with van der Waals surface area (Å²) in [5.74, 6) is 1.26. The van der Waals surface area contributed by atoms with Gasteiger partial charge in [-0.15, -0.1) is 5.10 Å². The van der Waals surface area contributed by atoms with E-state index in [-0.39, 0.29) is 11.7 Å². The molecule has 0 fully saturated rings. The van der Waals surface area contributed by atoms with Crippen LogP contribution >= 0.6 is 0 Å². The van der Waals surface area contributed by atoms with Gasteiger partial charge in [0.15, 0.2) is 5.75 Å². The zero-order valence-electron chi connectivity index (χ0n) is 14.1. The van der Waals surface area contributed by atoms with Crippen LogP contribution in [0.5, 0.6) is 17.5 Å². The molecule has 0 aliphatic carbocycles. The van der Waals surface area contributed by atoms with Crippen LogP contribution in [0.1, 0.15) is 11.1 Å². The third kappa shape index (κ3) is 2.78. The Bertz CT molecular complexity index is 924. The summed E-state index contributed by atoms with van der Waals surface area (Å²) >= 11 is 0. The predicted octanol–water partition coefficient (Wildman–Crippen LogP) is 2.99. The number of para-hydroxylation sites is 1. The first-order valence-electron chi connectivity index (χ1n) is 7.56. The van der Waals surface area contributed by atoms with Gasteiger partial charge in [-0.1, -0.05) is 29.8 Å². The van der Waals surface area contributed by atoms with E-state index in [9.17, 15) is 4.79 Å². The third-order valence-electron chi connectivity index (χ3n) is 3.75. The van der Waals surface area contributed by atoms with Gasteiger partial charge in [0.25, 0.3) is 0 Å². The van der Waals surface area contributed by atoms with E-state index in [0.29, 0.717) is 17.2 Å². The highest BCUT2D eigenvalue weighted by Crippen LogP contribution is 2.31. The third-order valence-corrected chi connectivity index (χ3v) is 3.75. The number of hydrogen-bond donors (Lipinski definition) is 0. The molecule has 0 N–H and O–H groups in total. The second-order valence-corrected chi connectivity index (χ2v) is 5.57. The minimum Gasteiger partial charge on any atom is -0.467 e. The van der Waals surface area contributed by atoms with E-state index in [0.717, 1.165) is 11.1 Å². The van der Waals surface area contributed by atoms with E-state index in [4.69, 9.17) is 9.47 Å². The van der Waals surface area contributed by atoms with Crippen molar-refractivity contribution in [3.63, 3.8) is 0 Å². The summed E-state index contributed by atoms with van der Waals surface area (Å²) in [7, 11) is 3.07. The molecule has 1 heterocycles. The lowest BCUT2D eigenvalue weighted by Gasteiger charge is -2.14. The van der Waals surface area contributed by atoms with E-state index in [1.165, 1.54) is 16.4 Å². The Labute approximate surface area is 139 Å². The molecule has 0 spiro atoms. The highest BCUT2D eigenvalue weighted by atomic mass is 16.5. The zero-order chi connectivity index (χ0) is 17.3. The van der Waals surface area contributed by atoms with Gasteiger partial charge in [-0.25, -0.2) is 14.0 Å². The van der Waals surface area contributed by atoms with Crippen molar-refractivity contribution in [3.8, 4) is 23.2 Å². The van der Waals surface area contributed by atoms with Crippen LogP contribution in [0.15, 0.2) is 47.3 Å². The highest BCUT2D eigenvalue weighted by molar-refractivity contribution is 5.55.